The second-order valence-electron chi connectivity index (χ2n) is 6.13. The van der Waals surface area contributed by atoms with Gasteiger partial charge < -0.3 is 20.1 Å². The normalized spacial score (nSPS) is 11.9. The Labute approximate surface area is 148 Å². The van der Waals surface area contributed by atoms with Gasteiger partial charge in [0.1, 0.15) is 11.5 Å². The lowest BCUT2D eigenvalue weighted by molar-refractivity contribution is 0.250. The average molecular weight is 346 g/mol. The van der Waals surface area contributed by atoms with Gasteiger partial charge in [-0.2, -0.15) is 5.10 Å². The third kappa shape index (κ3) is 4.65. The molecule has 2 amide bonds. The molecular weight excluding hydrogens is 320 g/mol. The third-order valence-electron chi connectivity index (χ3n) is 4.18. The molecule has 0 aliphatic heterocycles. The predicted octanol–water partition coefficient (Wildman–Crippen LogP) is 3.00. The third-order valence-corrected chi connectivity index (χ3v) is 4.18. The Morgan fingerprint density at radius 1 is 1.24 bits per heavy atom. The van der Waals surface area contributed by atoms with Crippen LogP contribution in [-0.4, -0.2) is 36.6 Å². The van der Waals surface area contributed by atoms with E-state index in [0.29, 0.717) is 29.6 Å². The maximum atomic E-state index is 12.3. The van der Waals surface area contributed by atoms with Crippen LogP contribution in [0, 0.1) is 5.92 Å². The minimum absolute atomic E-state index is 0.177. The maximum Gasteiger partial charge on any atom is 0.319 e. The highest BCUT2D eigenvalue weighted by atomic mass is 16.5. The lowest BCUT2D eigenvalue weighted by Crippen LogP contribution is -2.34. The van der Waals surface area contributed by atoms with Gasteiger partial charge in [0.25, 0.3) is 0 Å². The molecular formula is C18H26N4O3. The van der Waals surface area contributed by atoms with Gasteiger partial charge in [0.2, 0.25) is 0 Å². The number of carbonyl (C=O) groups excluding carboxylic acids is 1. The Balaban J connectivity index is 2.01. The van der Waals surface area contributed by atoms with Crippen molar-refractivity contribution >= 4 is 11.7 Å². The minimum Gasteiger partial charge on any atom is -0.497 e. The molecule has 1 aromatic carbocycles. The number of aryl methyl sites for hydroxylation is 1. The fourth-order valence-corrected chi connectivity index (χ4v) is 2.70. The average Bonchev–Trinajstić information content (AvgIpc) is 3.01. The number of amides is 2. The van der Waals surface area contributed by atoms with E-state index >= 15 is 0 Å². The summed E-state index contributed by atoms with van der Waals surface area (Å²) in [6.45, 7) is 4.77. The summed E-state index contributed by atoms with van der Waals surface area (Å²) in [5.41, 5.74) is 1.68. The van der Waals surface area contributed by atoms with Crippen LogP contribution in [0.3, 0.4) is 0 Å². The largest absolute Gasteiger partial charge is 0.497 e. The van der Waals surface area contributed by atoms with Crippen molar-refractivity contribution in [2.75, 3.05) is 26.1 Å². The van der Waals surface area contributed by atoms with E-state index in [4.69, 9.17) is 9.47 Å². The number of nitrogens with one attached hydrogen (secondary N) is 2. The molecule has 1 unspecified atom stereocenters. The highest BCUT2D eigenvalue weighted by Crippen LogP contribution is 2.29. The molecule has 2 rings (SSSR count). The van der Waals surface area contributed by atoms with Crippen LogP contribution < -0.4 is 20.1 Å². The van der Waals surface area contributed by atoms with Gasteiger partial charge in [-0.15, -0.1) is 0 Å². The molecule has 0 fully saturated rings. The van der Waals surface area contributed by atoms with Gasteiger partial charge in [-0.3, -0.25) is 4.68 Å². The van der Waals surface area contributed by atoms with E-state index in [1.54, 1.807) is 38.6 Å². The van der Waals surface area contributed by atoms with Crippen molar-refractivity contribution in [2.24, 2.45) is 13.0 Å². The van der Waals surface area contributed by atoms with Gasteiger partial charge in [-0.05, 0) is 24.1 Å². The molecule has 0 saturated carbocycles. The molecule has 0 aliphatic carbocycles. The molecule has 0 bridgehead atoms. The number of carbonyl (C=O) groups is 1. The molecule has 0 spiro atoms. The zero-order valence-corrected chi connectivity index (χ0v) is 15.4. The molecule has 0 saturated heterocycles. The van der Waals surface area contributed by atoms with Crippen molar-refractivity contribution in [2.45, 2.75) is 19.8 Å². The van der Waals surface area contributed by atoms with E-state index in [2.05, 4.69) is 29.6 Å². The van der Waals surface area contributed by atoms with Crippen LogP contribution in [0.25, 0.3) is 0 Å². The number of ether oxygens (including phenoxy) is 2. The number of benzene rings is 1. The van der Waals surface area contributed by atoms with E-state index < -0.39 is 0 Å². The zero-order valence-electron chi connectivity index (χ0n) is 15.4. The predicted molar refractivity (Wildman–Crippen MR) is 97.4 cm³/mol. The Morgan fingerprint density at radius 2 is 2.00 bits per heavy atom. The number of aromatic nitrogens is 2. The van der Waals surface area contributed by atoms with Gasteiger partial charge in [0, 0.05) is 37.5 Å². The molecule has 1 heterocycles. The lowest BCUT2D eigenvalue weighted by Gasteiger charge is -2.22. The quantitative estimate of drug-likeness (QED) is 0.808. The smallest absolute Gasteiger partial charge is 0.319 e. The van der Waals surface area contributed by atoms with E-state index in [-0.39, 0.29) is 11.9 Å². The Bertz CT molecular complexity index is 712. The molecule has 7 nitrogen and oxygen atoms in total. The fraction of sp³-hybridized carbons (Fsp3) is 0.444. The van der Waals surface area contributed by atoms with Crippen molar-refractivity contribution in [3.63, 3.8) is 0 Å². The first kappa shape index (κ1) is 18.6. The summed E-state index contributed by atoms with van der Waals surface area (Å²) >= 11 is 0. The highest BCUT2D eigenvalue weighted by Gasteiger charge is 2.20. The second kappa shape index (κ2) is 8.41. The van der Waals surface area contributed by atoms with E-state index in [1.807, 2.05) is 17.8 Å². The Kier molecular flexibility index (Phi) is 6.27. The number of hydrogen-bond acceptors (Lipinski definition) is 4. The van der Waals surface area contributed by atoms with Gasteiger partial charge in [0.05, 0.1) is 19.9 Å². The van der Waals surface area contributed by atoms with Crippen LogP contribution in [0.15, 0.2) is 30.5 Å². The number of rotatable bonds is 7. The Hall–Kier alpha value is -2.70. The molecule has 136 valence electrons. The van der Waals surface area contributed by atoms with Gasteiger partial charge in [-0.1, -0.05) is 13.8 Å². The molecule has 0 radical (unpaired) electrons. The number of anilines is 1. The summed E-state index contributed by atoms with van der Waals surface area (Å²) < 4.78 is 12.3. The van der Waals surface area contributed by atoms with Crippen molar-refractivity contribution in [3.05, 3.63) is 36.2 Å². The first-order chi connectivity index (χ1) is 12.0. The standard InChI is InChI=1S/C18H26N4O3/c1-12(2)14(16-8-9-20-22(16)3)11-19-18(23)21-15-7-6-13(24-4)10-17(15)25-5/h6-10,12,14H,11H2,1-5H3,(H2,19,21,23). The molecule has 0 aliphatic rings. The van der Waals surface area contributed by atoms with E-state index in [9.17, 15) is 4.79 Å². The highest BCUT2D eigenvalue weighted by molar-refractivity contribution is 5.91. The molecule has 25 heavy (non-hydrogen) atoms. The number of urea groups is 1. The lowest BCUT2D eigenvalue weighted by atomic mass is 9.92. The van der Waals surface area contributed by atoms with E-state index in [1.165, 1.54) is 0 Å². The second-order valence-corrected chi connectivity index (χ2v) is 6.13. The van der Waals surface area contributed by atoms with Crippen molar-refractivity contribution in [3.8, 4) is 11.5 Å². The van der Waals surface area contributed by atoms with Crippen molar-refractivity contribution < 1.29 is 14.3 Å². The van der Waals surface area contributed by atoms with Crippen molar-refractivity contribution in [1.29, 1.82) is 0 Å². The van der Waals surface area contributed by atoms with E-state index in [0.717, 1.165) is 5.69 Å². The molecule has 2 N–H and O–H groups in total. The summed E-state index contributed by atoms with van der Waals surface area (Å²) in [6.07, 6.45) is 1.77. The summed E-state index contributed by atoms with van der Waals surface area (Å²) in [5, 5.41) is 9.96. The zero-order chi connectivity index (χ0) is 18.4. The van der Waals surface area contributed by atoms with Gasteiger partial charge >= 0.3 is 6.03 Å². The van der Waals surface area contributed by atoms with Crippen molar-refractivity contribution in [1.82, 2.24) is 15.1 Å². The van der Waals surface area contributed by atoms with Gasteiger partial charge in [-0.25, -0.2) is 4.79 Å². The van der Waals surface area contributed by atoms with Crippen LogP contribution in [0.2, 0.25) is 0 Å². The number of nitrogens with zero attached hydrogens (tertiary/aromatic N) is 2. The first-order valence-electron chi connectivity index (χ1n) is 8.21. The fourth-order valence-electron chi connectivity index (χ4n) is 2.70. The summed E-state index contributed by atoms with van der Waals surface area (Å²) in [5.74, 6) is 1.75. The van der Waals surface area contributed by atoms with Crippen LogP contribution >= 0.6 is 0 Å². The van der Waals surface area contributed by atoms with Crippen LogP contribution in [0.5, 0.6) is 11.5 Å². The van der Waals surface area contributed by atoms with Crippen LogP contribution in [0.4, 0.5) is 10.5 Å². The molecule has 7 heteroatoms. The summed E-state index contributed by atoms with van der Waals surface area (Å²) in [7, 11) is 5.04. The maximum absolute atomic E-state index is 12.3. The molecule has 1 atom stereocenters. The van der Waals surface area contributed by atoms with Gasteiger partial charge in [0.15, 0.2) is 0 Å². The summed E-state index contributed by atoms with van der Waals surface area (Å²) in [4.78, 5) is 12.3. The Morgan fingerprint density at radius 3 is 2.56 bits per heavy atom. The van der Waals surface area contributed by atoms with Crippen LogP contribution in [-0.2, 0) is 7.05 Å². The van der Waals surface area contributed by atoms with Crippen LogP contribution in [0.1, 0.15) is 25.5 Å². The molecule has 1 aromatic heterocycles. The number of hydrogen-bond donors (Lipinski definition) is 2. The first-order valence-corrected chi connectivity index (χ1v) is 8.21. The SMILES string of the molecule is COc1ccc(NC(=O)NCC(c2ccnn2C)C(C)C)c(OC)c1. The topological polar surface area (TPSA) is 77.4 Å². The summed E-state index contributed by atoms with van der Waals surface area (Å²) in [6, 6.07) is 6.94. The number of methoxy groups -OCH3 is 2. The monoisotopic (exact) mass is 346 g/mol. The molecule has 2 aromatic rings. The minimum atomic E-state index is -0.281.